The maximum atomic E-state index is 13.0. The molecule has 1 fully saturated rings. The summed E-state index contributed by atoms with van der Waals surface area (Å²) in [6.07, 6.45) is 1.63. The van der Waals surface area contributed by atoms with Crippen LogP contribution in [0, 0.1) is 13.8 Å². The first kappa shape index (κ1) is 25.2. The number of ether oxygens (including phenoxy) is 2. The lowest BCUT2D eigenvalue weighted by Gasteiger charge is -2.19. The Hall–Kier alpha value is -4.51. The van der Waals surface area contributed by atoms with Gasteiger partial charge in [0.05, 0.1) is 10.5 Å². The summed E-state index contributed by atoms with van der Waals surface area (Å²) in [7, 11) is 0. The van der Waals surface area contributed by atoms with Crippen molar-refractivity contribution in [1.29, 1.82) is 0 Å². The summed E-state index contributed by atoms with van der Waals surface area (Å²) in [5.41, 5.74) is 3.84. The van der Waals surface area contributed by atoms with Gasteiger partial charge >= 0.3 is 5.97 Å². The van der Waals surface area contributed by atoms with Crippen molar-refractivity contribution in [1.82, 2.24) is 9.47 Å². The Bertz CT molecular complexity index is 1510. The molecule has 3 amide bonds. The van der Waals surface area contributed by atoms with Crippen molar-refractivity contribution in [3.05, 3.63) is 76.0 Å². The van der Waals surface area contributed by atoms with Crippen molar-refractivity contribution < 1.29 is 33.8 Å². The molecule has 3 aromatic rings. The topological polar surface area (TPSA) is 127 Å². The third kappa shape index (κ3) is 4.88. The number of carbonyl (C=O) groups excluding carboxylic acids is 3. The van der Waals surface area contributed by atoms with Crippen LogP contribution in [0.15, 0.2) is 53.4 Å². The lowest BCUT2D eigenvalue weighted by molar-refractivity contribution is -0.127. The fourth-order valence-corrected chi connectivity index (χ4v) is 5.16. The summed E-state index contributed by atoms with van der Waals surface area (Å²) < 4.78 is 12.9. The number of hydrogen-bond donors (Lipinski definition) is 2. The number of thioether (sulfide) groups is 1. The molecular weight excluding hydrogens is 510 g/mol. The molecule has 2 aliphatic rings. The van der Waals surface area contributed by atoms with E-state index in [4.69, 9.17) is 14.6 Å². The summed E-state index contributed by atoms with van der Waals surface area (Å²) in [4.78, 5) is 50.5. The first-order chi connectivity index (χ1) is 18.2. The molecule has 2 N–H and O–H groups in total. The van der Waals surface area contributed by atoms with Gasteiger partial charge in [0.2, 0.25) is 5.91 Å². The normalized spacial score (nSPS) is 15.7. The van der Waals surface area contributed by atoms with Crippen LogP contribution in [0.5, 0.6) is 11.5 Å². The second-order valence-electron chi connectivity index (χ2n) is 8.69. The summed E-state index contributed by atoms with van der Waals surface area (Å²) in [5.74, 6) is -0.976. The summed E-state index contributed by atoms with van der Waals surface area (Å²) in [6.45, 7) is 4.20. The number of rotatable bonds is 6. The van der Waals surface area contributed by atoms with Gasteiger partial charge in [-0.15, -0.1) is 0 Å². The number of aromatic nitrogens is 1. The second-order valence-corrected chi connectivity index (χ2v) is 9.68. The molecule has 11 heteroatoms. The van der Waals surface area contributed by atoms with Crippen LogP contribution in [0.25, 0.3) is 11.8 Å². The minimum absolute atomic E-state index is 0.183. The third-order valence-corrected chi connectivity index (χ3v) is 7.04. The molecule has 194 valence electrons. The molecule has 5 rings (SSSR count). The Balaban J connectivity index is 1.30. The molecule has 0 bridgehead atoms. The minimum atomic E-state index is -1.01. The molecule has 0 spiro atoms. The van der Waals surface area contributed by atoms with E-state index in [0.717, 1.165) is 39.3 Å². The Morgan fingerprint density at radius 1 is 1.03 bits per heavy atom. The average Bonchev–Trinajstić information content (AvgIpc) is 3.32. The highest BCUT2D eigenvalue weighted by molar-refractivity contribution is 8.18. The van der Waals surface area contributed by atoms with Crippen LogP contribution in [-0.4, -0.2) is 57.4 Å². The number of imide groups is 1. The van der Waals surface area contributed by atoms with Gasteiger partial charge in [-0.25, -0.2) is 4.79 Å². The molecule has 10 nitrogen and oxygen atoms in total. The summed E-state index contributed by atoms with van der Waals surface area (Å²) >= 11 is 0.776. The van der Waals surface area contributed by atoms with E-state index in [1.54, 1.807) is 36.4 Å². The van der Waals surface area contributed by atoms with E-state index in [0.29, 0.717) is 30.4 Å². The van der Waals surface area contributed by atoms with Crippen LogP contribution >= 0.6 is 11.8 Å². The highest BCUT2D eigenvalue weighted by Gasteiger charge is 2.36. The van der Waals surface area contributed by atoms with Gasteiger partial charge in [0, 0.05) is 28.8 Å². The highest BCUT2D eigenvalue weighted by atomic mass is 32.2. The predicted octanol–water partition coefficient (Wildman–Crippen LogP) is 4.24. The predicted molar refractivity (Wildman–Crippen MR) is 141 cm³/mol. The van der Waals surface area contributed by atoms with Crippen molar-refractivity contribution in [3.8, 4) is 17.2 Å². The molecule has 38 heavy (non-hydrogen) atoms. The maximum Gasteiger partial charge on any atom is 0.335 e. The minimum Gasteiger partial charge on any atom is -0.486 e. The lowest BCUT2D eigenvalue weighted by Crippen LogP contribution is -2.36. The summed E-state index contributed by atoms with van der Waals surface area (Å²) in [6, 6.07) is 13.3. The van der Waals surface area contributed by atoms with Crippen molar-refractivity contribution in [2.24, 2.45) is 0 Å². The van der Waals surface area contributed by atoms with E-state index in [1.807, 2.05) is 24.5 Å². The fraction of sp³-hybridized carbons (Fsp3) is 0.185. The zero-order valence-electron chi connectivity index (χ0n) is 20.5. The van der Waals surface area contributed by atoms with E-state index in [1.165, 1.54) is 12.1 Å². The van der Waals surface area contributed by atoms with Crippen molar-refractivity contribution in [2.75, 3.05) is 25.1 Å². The molecule has 0 aliphatic carbocycles. The zero-order chi connectivity index (χ0) is 27.0. The van der Waals surface area contributed by atoms with Gasteiger partial charge in [-0.3, -0.25) is 19.3 Å². The van der Waals surface area contributed by atoms with Crippen LogP contribution in [0.1, 0.15) is 27.3 Å². The van der Waals surface area contributed by atoms with Crippen LogP contribution < -0.4 is 14.8 Å². The van der Waals surface area contributed by atoms with Gasteiger partial charge in [0.15, 0.2) is 11.5 Å². The third-order valence-electron chi connectivity index (χ3n) is 6.13. The highest BCUT2D eigenvalue weighted by Crippen LogP contribution is 2.35. The second kappa shape index (κ2) is 10.1. The van der Waals surface area contributed by atoms with Crippen molar-refractivity contribution in [3.63, 3.8) is 0 Å². The van der Waals surface area contributed by atoms with Crippen LogP contribution in [0.4, 0.5) is 10.5 Å². The number of aryl methyl sites for hydroxylation is 1. The number of fused-ring (bicyclic) bond motifs is 1. The molecular formula is C27H23N3O7S. The molecule has 0 saturated carbocycles. The largest absolute Gasteiger partial charge is 0.486 e. The Morgan fingerprint density at radius 2 is 1.74 bits per heavy atom. The number of hydrogen-bond acceptors (Lipinski definition) is 7. The first-order valence-corrected chi connectivity index (χ1v) is 12.5. The number of aromatic carboxylic acids is 1. The molecule has 0 unspecified atom stereocenters. The zero-order valence-corrected chi connectivity index (χ0v) is 21.3. The van der Waals surface area contributed by atoms with Gasteiger partial charge < -0.3 is 24.5 Å². The van der Waals surface area contributed by atoms with Crippen molar-refractivity contribution in [2.45, 2.75) is 13.8 Å². The number of carboxylic acids is 1. The molecule has 0 radical (unpaired) electrons. The SMILES string of the molecule is Cc1cc(/C=C2/SC(=O)N(CC(=O)Nc3ccc4c(c3)OCCO4)C2=O)c(C)n1-c1ccc(C(=O)O)cc1. The lowest BCUT2D eigenvalue weighted by atomic mass is 10.2. The van der Waals surface area contributed by atoms with E-state index in [2.05, 4.69) is 5.32 Å². The Morgan fingerprint density at radius 3 is 2.45 bits per heavy atom. The quantitative estimate of drug-likeness (QED) is 0.451. The smallest absolute Gasteiger partial charge is 0.335 e. The fourth-order valence-electron chi connectivity index (χ4n) is 4.33. The van der Waals surface area contributed by atoms with Crippen LogP contribution in [0.2, 0.25) is 0 Å². The monoisotopic (exact) mass is 533 g/mol. The molecule has 1 aromatic heterocycles. The molecule has 2 aliphatic heterocycles. The van der Waals surface area contributed by atoms with Gasteiger partial charge in [-0.2, -0.15) is 0 Å². The molecule has 1 saturated heterocycles. The number of carboxylic acid groups (broad SMARTS) is 1. The standard InChI is InChI=1S/C27H23N3O7S/c1-15-11-18(16(2)30(15)20-6-3-17(4-7-20)26(33)34)12-23-25(32)29(27(35)38-23)14-24(31)28-19-5-8-21-22(13-19)37-10-9-36-21/h3-8,11-13H,9-10,14H2,1-2H3,(H,28,31)(H,33,34)/b23-12+. The Kier molecular flexibility index (Phi) is 6.68. The van der Waals surface area contributed by atoms with E-state index < -0.39 is 29.6 Å². The van der Waals surface area contributed by atoms with Crippen LogP contribution in [0.3, 0.4) is 0 Å². The number of carbonyl (C=O) groups is 4. The van der Waals surface area contributed by atoms with E-state index in [-0.39, 0.29) is 10.5 Å². The molecule has 2 aromatic carbocycles. The number of nitrogens with zero attached hydrogens (tertiary/aromatic N) is 2. The summed E-state index contributed by atoms with van der Waals surface area (Å²) in [5, 5.41) is 11.3. The van der Waals surface area contributed by atoms with Gasteiger partial charge in [0.25, 0.3) is 11.1 Å². The number of benzene rings is 2. The van der Waals surface area contributed by atoms with Crippen molar-refractivity contribution >= 4 is 46.5 Å². The number of nitrogens with one attached hydrogen (secondary N) is 1. The van der Waals surface area contributed by atoms with Gasteiger partial charge in [0.1, 0.15) is 19.8 Å². The van der Waals surface area contributed by atoms with Gasteiger partial charge in [-0.05, 0) is 79.7 Å². The molecule has 0 atom stereocenters. The Labute approximate surface area is 221 Å². The van der Waals surface area contributed by atoms with E-state index >= 15 is 0 Å². The van der Waals surface area contributed by atoms with E-state index in [9.17, 15) is 19.2 Å². The number of anilines is 1. The number of amides is 3. The average molecular weight is 534 g/mol. The first-order valence-electron chi connectivity index (χ1n) is 11.7. The maximum absolute atomic E-state index is 13.0. The molecule has 3 heterocycles. The van der Waals surface area contributed by atoms with Crippen LogP contribution in [-0.2, 0) is 9.59 Å². The van der Waals surface area contributed by atoms with Gasteiger partial charge in [-0.1, -0.05) is 0 Å².